The van der Waals surface area contributed by atoms with Crippen LogP contribution in [-0.2, 0) is 27.9 Å². The predicted octanol–water partition coefficient (Wildman–Crippen LogP) is 7.18. The lowest BCUT2D eigenvalue weighted by Crippen LogP contribution is -2.37. The maximum Gasteiger partial charge on any atom is 0.303 e. The van der Waals surface area contributed by atoms with Crippen molar-refractivity contribution in [2.45, 2.75) is 136 Å². The minimum atomic E-state index is -4.46. The van der Waals surface area contributed by atoms with Gasteiger partial charge in [-0.3, -0.25) is 9.36 Å². The molecule has 0 N–H and O–H groups in total. The first-order chi connectivity index (χ1) is 18.6. The normalized spacial score (nSPS) is 14.3. The molecule has 0 aliphatic heterocycles. The molecule has 2 atom stereocenters. The second-order valence-corrected chi connectivity index (χ2v) is 13.3. The van der Waals surface area contributed by atoms with Gasteiger partial charge in [0.1, 0.15) is 19.3 Å². The second-order valence-electron chi connectivity index (χ2n) is 11.9. The molecule has 0 aliphatic rings. The Balaban J connectivity index is 3.65. The maximum atomic E-state index is 12.0. The summed E-state index contributed by atoms with van der Waals surface area (Å²) in [6, 6.07) is 0. The predicted molar refractivity (Wildman–Crippen MR) is 158 cm³/mol. The highest BCUT2D eigenvalue weighted by Gasteiger charge is 2.19. The average molecular weight is 580 g/mol. The van der Waals surface area contributed by atoms with E-state index in [-0.39, 0.29) is 19.8 Å². The zero-order valence-corrected chi connectivity index (χ0v) is 27.0. The molecular weight excluding hydrogens is 517 g/mol. The molecule has 2 unspecified atom stereocenters. The Morgan fingerprint density at radius 2 is 1.13 bits per heavy atom. The van der Waals surface area contributed by atoms with E-state index >= 15 is 0 Å². The number of unbranched alkanes of at least 4 members (excludes halogenated alkanes) is 17. The number of ether oxygens (including phenoxy) is 2. The summed E-state index contributed by atoms with van der Waals surface area (Å²) < 4.78 is 33.1. The van der Waals surface area contributed by atoms with Gasteiger partial charge >= 0.3 is 5.97 Å². The van der Waals surface area contributed by atoms with Crippen molar-refractivity contribution < 1.29 is 37.3 Å². The van der Waals surface area contributed by atoms with Crippen molar-refractivity contribution in [1.29, 1.82) is 0 Å². The molecular formula is C30H62NO7P. The molecule has 0 saturated carbocycles. The summed E-state index contributed by atoms with van der Waals surface area (Å²) in [5.41, 5.74) is 0. The molecule has 9 heteroatoms. The van der Waals surface area contributed by atoms with E-state index in [9.17, 15) is 14.3 Å². The van der Waals surface area contributed by atoms with Crippen LogP contribution in [-0.4, -0.2) is 70.7 Å². The van der Waals surface area contributed by atoms with Gasteiger partial charge in [-0.1, -0.05) is 116 Å². The minimum Gasteiger partial charge on any atom is -0.756 e. The summed E-state index contributed by atoms with van der Waals surface area (Å²) in [5, 5.41) is 0. The number of phosphoric acid groups is 1. The number of carbonyl (C=O) groups excluding carboxylic acids is 1. The molecule has 0 amide bonds. The fourth-order valence-corrected chi connectivity index (χ4v) is 5.04. The number of phosphoric ester groups is 1. The SMILES string of the molecule is CCCCCCCCCCCCCCCCCCCCOCC(COP(=O)([O-])OCC[N+](C)(C)C)OC(C)=O. The first-order valence-electron chi connectivity index (χ1n) is 15.7. The summed E-state index contributed by atoms with van der Waals surface area (Å²) in [7, 11) is 1.35. The quantitative estimate of drug-likeness (QED) is 0.0401. The van der Waals surface area contributed by atoms with Crippen molar-refractivity contribution in [2.75, 3.05) is 54.1 Å². The Morgan fingerprint density at radius 3 is 1.54 bits per heavy atom. The van der Waals surface area contributed by atoms with E-state index in [1.165, 1.54) is 110 Å². The fraction of sp³-hybridized carbons (Fsp3) is 0.967. The van der Waals surface area contributed by atoms with Crippen LogP contribution in [0.3, 0.4) is 0 Å². The van der Waals surface area contributed by atoms with Crippen LogP contribution in [0.2, 0.25) is 0 Å². The number of nitrogens with zero attached hydrogens (tertiary/aromatic N) is 1. The second kappa shape index (κ2) is 25.2. The van der Waals surface area contributed by atoms with Gasteiger partial charge in [-0.15, -0.1) is 0 Å². The number of hydrogen-bond donors (Lipinski definition) is 0. The number of hydrogen-bond acceptors (Lipinski definition) is 7. The molecule has 39 heavy (non-hydrogen) atoms. The molecule has 0 spiro atoms. The zero-order chi connectivity index (χ0) is 29.2. The van der Waals surface area contributed by atoms with Crippen LogP contribution in [0.15, 0.2) is 0 Å². The largest absolute Gasteiger partial charge is 0.756 e. The van der Waals surface area contributed by atoms with Gasteiger partial charge in [-0.25, -0.2) is 0 Å². The van der Waals surface area contributed by atoms with E-state index in [4.69, 9.17) is 18.5 Å². The van der Waals surface area contributed by atoms with Crippen molar-refractivity contribution in [3.05, 3.63) is 0 Å². The zero-order valence-electron chi connectivity index (χ0n) is 26.1. The van der Waals surface area contributed by atoms with Crippen LogP contribution in [0.4, 0.5) is 0 Å². The van der Waals surface area contributed by atoms with Gasteiger partial charge in [-0.05, 0) is 6.42 Å². The monoisotopic (exact) mass is 579 g/mol. The lowest BCUT2D eigenvalue weighted by atomic mass is 10.0. The van der Waals surface area contributed by atoms with Gasteiger partial charge in [0.15, 0.2) is 0 Å². The van der Waals surface area contributed by atoms with Crippen LogP contribution in [0.1, 0.15) is 129 Å². The lowest BCUT2D eigenvalue weighted by molar-refractivity contribution is -0.870. The standard InChI is InChI=1S/C30H62NO7P/c1-6-7-8-9-10-11-12-13-14-15-16-17-18-19-20-21-22-23-25-35-27-30(38-29(2)32)28-37-39(33,34)36-26-24-31(3,4)5/h30H,6-28H2,1-5H3. The number of quaternary nitrogens is 1. The number of likely N-dealkylation sites (N-methyl/N-ethyl adjacent to an activating group) is 1. The molecule has 0 aliphatic carbocycles. The van der Waals surface area contributed by atoms with Crippen molar-refractivity contribution in [1.82, 2.24) is 0 Å². The van der Waals surface area contributed by atoms with Crippen LogP contribution < -0.4 is 4.89 Å². The topological polar surface area (TPSA) is 94.1 Å². The third-order valence-corrected chi connectivity index (χ3v) is 7.67. The number of esters is 1. The number of rotatable bonds is 29. The molecule has 0 rings (SSSR count). The van der Waals surface area contributed by atoms with E-state index < -0.39 is 19.9 Å². The smallest absolute Gasteiger partial charge is 0.303 e. The van der Waals surface area contributed by atoms with Crippen molar-refractivity contribution in [3.8, 4) is 0 Å². The van der Waals surface area contributed by atoms with Crippen LogP contribution in [0, 0.1) is 0 Å². The van der Waals surface area contributed by atoms with Crippen LogP contribution in [0.5, 0.6) is 0 Å². The van der Waals surface area contributed by atoms with Gasteiger partial charge < -0.3 is 27.9 Å². The summed E-state index contributed by atoms with van der Waals surface area (Å²) >= 11 is 0. The van der Waals surface area contributed by atoms with Gasteiger partial charge in [0.25, 0.3) is 7.82 Å². The van der Waals surface area contributed by atoms with E-state index in [2.05, 4.69) is 6.92 Å². The maximum absolute atomic E-state index is 12.0. The Hall–Kier alpha value is -0.500. The molecule has 0 heterocycles. The summed E-state index contributed by atoms with van der Waals surface area (Å²) in [5.74, 6) is -0.507. The van der Waals surface area contributed by atoms with E-state index in [0.717, 1.165) is 12.8 Å². The molecule has 0 saturated heterocycles. The first-order valence-corrected chi connectivity index (χ1v) is 17.2. The molecule has 8 nitrogen and oxygen atoms in total. The molecule has 234 valence electrons. The van der Waals surface area contributed by atoms with Gasteiger partial charge in [0, 0.05) is 13.5 Å². The Morgan fingerprint density at radius 1 is 0.692 bits per heavy atom. The van der Waals surface area contributed by atoms with Crippen molar-refractivity contribution >= 4 is 13.8 Å². The van der Waals surface area contributed by atoms with Gasteiger partial charge in [0.2, 0.25) is 0 Å². The Labute approximate surface area is 240 Å². The highest BCUT2D eigenvalue weighted by atomic mass is 31.2. The Kier molecular flexibility index (Phi) is 24.9. The summed E-state index contributed by atoms with van der Waals surface area (Å²) in [6.45, 7) is 4.42. The van der Waals surface area contributed by atoms with E-state index in [1.54, 1.807) is 0 Å². The molecule has 0 bridgehead atoms. The fourth-order valence-electron chi connectivity index (χ4n) is 4.31. The molecule has 0 radical (unpaired) electrons. The number of carbonyl (C=O) groups is 1. The summed E-state index contributed by atoms with van der Waals surface area (Å²) in [6.07, 6.45) is 23.1. The molecule has 0 aromatic rings. The van der Waals surface area contributed by atoms with Crippen LogP contribution in [0.25, 0.3) is 0 Å². The average Bonchev–Trinajstić information content (AvgIpc) is 2.84. The molecule has 0 aromatic carbocycles. The third-order valence-electron chi connectivity index (χ3n) is 6.71. The molecule has 0 aromatic heterocycles. The van der Waals surface area contributed by atoms with Crippen molar-refractivity contribution in [2.24, 2.45) is 0 Å². The highest BCUT2D eigenvalue weighted by molar-refractivity contribution is 7.45. The summed E-state index contributed by atoms with van der Waals surface area (Å²) in [4.78, 5) is 23.3. The highest BCUT2D eigenvalue weighted by Crippen LogP contribution is 2.38. The van der Waals surface area contributed by atoms with Crippen molar-refractivity contribution in [3.63, 3.8) is 0 Å². The van der Waals surface area contributed by atoms with E-state index in [1.807, 2.05) is 21.1 Å². The Bertz CT molecular complexity index is 613. The van der Waals surface area contributed by atoms with Gasteiger partial charge in [0.05, 0.1) is 34.4 Å². The minimum absolute atomic E-state index is 0.0262. The first kappa shape index (κ1) is 38.5. The van der Waals surface area contributed by atoms with Gasteiger partial charge in [-0.2, -0.15) is 0 Å². The lowest BCUT2D eigenvalue weighted by Gasteiger charge is -2.28. The molecule has 0 fully saturated rings. The van der Waals surface area contributed by atoms with E-state index in [0.29, 0.717) is 17.6 Å². The van der Waals surface area contributed by atoms with Crippen LogP contribution >= 0.6 is 7.82 Å². The third kappa shape index (κ3) is 30.3.